The number of anilines is 1. The molecule has 2 bridgehead atoms. The minimum Gasteiger partial charge on any atom is -0.507 e. The molecule has 0 spiro atoms. The summed E-state index contributed by atoms with van der Waals surface area (Å²) in [6.45, 7) is 2.88. The second kappa shape index (κ2) is 6.31. The Balaban J connectivity index is 1.85. The maximum atomic E-state index is 13.3. The third-order valence-corrected chi connectivity index (χ3v) is 9.29. The van der Waals surface area contributed by atoms with Gasteiger partial charge in [0.05, 0.1) is 10.6 Å². The van der Waals surface area contributed by atoms with Crippen LogP contribution in [0, 0.1) is 5.92 Å². The van der Waals surface area contributed by atoms with Gasteiger partial charge >= 0.3 is 0 Å². The molecule has 26 heavy (non-hydrogen) atoms. The van der Waals surface area contributed by atoms with E-state index in [1.807, 2.05) is 12.3 Å². The topological polar surface area (TPSA) is 60.9 Å². The number of nitrogens with zero attached hydrogens (tertiary/aromatic N) is 2. The Kier molecular flexibility index (Phi) is 4.48. The minimum absolute atomic E-state index is 0.0266. The molecule has 0 saturated heterocycles. The monoisotopic (exact) mass is 396 g/mol. The molecule has 1 atom stereocenters. The summed E-state index contributed by atoms with van der Waals surface area (Å²) in [6, 6.07) is 3.33. The number of hydrogen-bond acceptors (Lipinski definition) is 5. The van der Waals surface area contributed by atoms with Crippen molar-refractivity contribution < 1.29 is 13.5 Å². The van der Waals surface area contributed by atoms with E-state index >= 15 is 0 Å². The first-order valence-electron chi connectivity index (χ1n) is 9.49. The molecule has 1 N–H and O–H groups in total. The first-order chi connectivity index (χ1) is 12.3. The van der Waals surface area contributed by atoms with Crippen LogP contribution < -0.4 is 4.90 Å². The number of likely N-dealkylation sites (N-methyl/N-ethyl adjacent to an activating group) is 1. The highest BCUT2D eigenvalue weighted by Crippen LogP contribution is 2.62. The van der Waals surface area contributed by atoms with Crippen LogP contribution in [0.25, 0.3) is 0 Å². The SMILES string of the molecule is CCCCC1CN(C23CC(C2)C3)c2cc(SC)c(O)cc2S(=O)(=O)N1C. The van der Waals surface area contributed by atoms with Gasteiger partial charge in [-0.15, -0.1) is 11.8 Å². The average Bonchev–Trinajstić information content (AvgIpc) is 2.59. The molecule has 1 aromatic carbocycles. The Morgan fingerprint density at radius 2 is 2.00 bits per heavy atom. The van der Waals surface area contributed by atoms with Gasteiger partial charge in [-0.05, 0) is 43.9 Å². The summed E-state index contributed by atoms with van der Waals surface area (Å²) in [5.74, 6) is 0.875. The number of phenolic OH excluding ortho intramolecular Hbond substituents is 1. The van der Waals surface area contributed by atoms with E-state index in [9.17, 15) is 13.5 Å². The van der Waals surface area contributed by atoms with Crippen LogP contribution in [0.15, 0.2) is 21.9 Å². The fourth-order valence-electron chi connectivity index (χ4n) is 4.82. The largest absolute Gasteiger partial charge is 0.507 e. The minimum atomic E-state index is -3.62. The average molecular weight is 397 g/mol. The van der Waals surface area contributed by atoms with E-state index in [1.165, 1.54) is 37.1 Å². The molecule has 5 rings (SSSR count). The zero-order chi connectivity index (χ0) is 18.7. The standard InChI is InChI=1S/C19H28N2O3S2/c1-4-5-6-14-12-21(19-9-13(10-19)11-19)15-7-17(25-3)16(22)8-18(15)26(23,24)20(14)2/h7-8,13-14,22H,4-6,9-12H2,1-3H3. The number of rotatable bonds is 5. The lowest BCUT2D eigenvalue weighted by atomic mass is 9.49. The maximum Gasteiger partial charge on any atom is 0.245 e. The van der Waals surface area contributed by atoms with Gasteiger partial charge in [0.15, 0.2) is 0 Å². The number of benzene rings is 1. The Hall–Kier alpha value is -0.920. The van der Waals surface area contributed by atoms with Gasteiger partial charge in [-0.2, -0.15) is 4.31 Å². The molecule has 7 heteroatoms. The Bertz CT molecular complexity index is 807. The number of phenols is 1. The third kappa shape index (κ3) is 2.58. The molecule has 0 aromatic heterocycles. The van der Waals surface area contributed by atoms with E-state index in [-0.39, 0.29) is 22.2 Å². The van der Waals surface area contributed by atoms with Crippen LogP contribution in [-0.2, 0) is 10.0 Å². The summed E-state index contributed by atoms with van der Waals surface area (Å²) in [6.07, 6.45) is 8.38. The highest BCUT2D eigenvalue weighted by Gasteiger charge is 2.61. The number of unbranched alkanes of at least 4 members (excludes halogenated alkanes) is 1. The summed E-state index contributed by atoms with van der Waals surface area (Å²) in [4.78, 5) is 3.38. The summed E-state index contributed by atoms with van der Waals surface area (Å²) in [7, 11) is -1.92. The maximum absolute atomic E-state index is 13.3. The molecule has 3 saturated carbocycles. The van der Waals surface area contributed by atoms with Crippen molar-refractivity contribution in [1.29, 1.82) is 0 Å². The van der Waals surface area contributed by atoms with Crippen molar-refractivity contribution in [2.45, 2.75) is 66.8 Å². The molecule has 144 valence electrons. The smallest absolute Gasteiger partial charge is 0.245 e. The molecule has 0 amide bonds. The second-order valence-corrected chi connectivity index (χ2v) is 10.9. The van der Waals surface area contributed by atoms with E-state index in [0.717, 1.165) is 42.3 Å². The third-order valence-electron chi connectivity index (χ3n) is 6.59. The summed E-state index contributed by atoms with van der Waals surface area (Å²) in [5.41, 5.74) is 0.924. The van der Waals surface area contributed by atoms with Crippen LogP contribution in [0.4, 0.5) is 5.69 Å². The molecule has 4 aliphatic rings. The Labute approximate surface area is 160 Å². The first kappa shape index (κ1) is 18.4. The molecule has 1 unspecified atom stereocenters. The number of aromatic hydroxyl groups is 1. The zero-order valence-corrected chi connectivity index (χ0v) is 17.4. The summed E-state index contributed by atoms with van der Waals surface area (Å²) in [5, 5.41) is 10.3. The van der Waals surface area contributed by atoms with Gasteiger partial charge in [0.1, 0.15) is 10.6 Å². The number of sulfonamides is 1. The van der Waals surface area contributed by atoms with Crippen molar-refractivity contribution in [3.63, 3.8) is 0 Å². The van der Waals surface area contributed by atoms with Crippen molar-refractivity contribution in [2.75, 3.05) is 24.7 Å². The van der Waals surface area contributed by atoms with Crippen molar-refractivity contribution in [2.24, 2.45) is 5.92 Å². The van der Waals surface area contributed by atoms with Crippen LogP contribution in [0.3, 0.4) is 0 Å². The van der Waals surface area contributed by atoms with E-state index in [0.29, 0.717) is 0 Å². The van der Waals surface area contributed by atoms with Crippen LogP contribution in [0.5, 0.6) is 5.75 Å². The molecular weight excluding hydrogens is 368 g/mol. The van der Waals surface area contributed by atoms with Crippen LogP contribution >= 0.6 is 11.8 Å². The highest BCUT2D eigenvalue weighted by molar-refractivity contribution is 7.98. The van der Waals surface area contributed by atoms with E-state index in [4.69, 9.17) is 0 Å². The fraction of sp³-hybridized carbons (Fsp3) is 0.684. The van der Waals surface area contributed by atoms with Gasteiger partial charge in [0.2, 0.25) is 10.0 Å². The van der Waals surface area contributed by atoms with E-state index in [2.05, 4.69) is 11.8 Å². The molecule has 0 radical (unpaired) electrons. The molecule has 1 heterocycles. The van der Waals surface area contributed by atoms with E-state index in [1.54, 1.807) is 11.4 Å². The highest BCUT2D eigenvalue weighted by atomic mass is 32.2. The van der Waals surface area contributed by atoms with Crippen LogP contribution in [0.1, 0.15) is 45.4 Å². The molecule has 3 fully saturated rings. The summed E-state index contributed by atoms with van der Waals surface area (Å²) >= 11 is 1.46. The Morgan fingerprint density at radius 3 is 2.54 bits per heavy atom. The van der Waals surface area contributed by atoms with Crippen molar-refractivity contribution in [3.05, 3.63) is 12.1 Å². The molecule has 1 aromatic rings. The van der Waals surface area contributed by atoms with Gasteiger partial charge in [-0.25, -0.2) is 8.42 Å². The predicted molar refractivity (Wildman–Crippen MR) is 106 cm³/mol. The van der Waals surface area contributed by atoms with Gasteiger partial charge in [-0.3, -0.25) is 0 Å². The van der Waals surface area contributed by atoms with Crippen molar-refractivity contribution >= 4 is 27.5 Å². The first-order valence-corrected chi connectivity index (χ1v) is 12.2. The summed E-state index contributed by atoms with van der Waals surface area (Å²) < 4.78 is 28.2. The molecular formula is C19H28N2O3S2. The lowest BCUT2D eigenvalue weighted by Gasteiger charge is -2.67. The van der Waals surface area contributed by atoms with Crippen molar-refractivity contribution in [3.8, 4) is 5.75 Å². The van der Waals surface area contributed by atoms with Gasteiger partial charge in [0, 0.05) is 31.2 Å². The predicted octanol–water partition coefficient (Wildman–Crippen LogP) is 3.67. The lowest BCUT2D eigenvalue weighted by molar-refractivity contribution is -0.0270. The van der Waals surface area contributed by atoms with Crippen LogP contribution in [-0.4, -0.2) is 49.3 Å². The van der Waals surface area contributed by atoms with Crippen molar-refractivity contribution in [1.82, 2.24) is 4.31 Å². The van der Waals surface area contributed by atoms with E-state index < -0.39 is 10.0 Å². The number of hydrogen-bond donors (Lipinski definition) is 1. The molecule has 1 aliphatic heterocycles. The molecule has 3 aliphatic carbocycles. The fourth-order valence-corrected chi connectivity index (χ4v) is 6.89. The zero-order valence-electron chi connectivity index (χ0n) is 15.7. The molecule has 5 nitrogen and oxygen atoms in total. The van der Waals surface area contributed by atoms with Gasteiger partial charge in [0.25, 0.3) is 0 Å². The Morgan fingerprint density at radius 1 is 1.31 bits per heavy atom. The second-order valence-electron chi connectivity index (χ2n) is 8.12. The quantitative estimate of drug-likeness (QED) is 0.770. The van der Waals surface area contributed by atoms with Crippen LogP contribution in [0.2, 0.25) is 0 Å². The van der Waals surface area contributed by atoms with Gasteiger partial charge in [-0.1, -0.05) is 19.8 Å². The number of fused-ring (bicyclic) bond motifs is 1. The lowest BCUT2D eigenvalue weighted by Crippen LogP contribution is -2.69. The normalized spacial score (nSPS) is 32.3. The van der Waals surface area contributed by atoms with Gasteiger partial charge < -0.3 is 10.0 Å². The number of thioether (sulfide) groups is 1.